The van der Waals surface area contributed by atoms with Crippen molar-refractivity contribution in [3.63, 3.8) is 0 Å². The predicted molar refractivity (Wildman–Crippen MR) is 82.7 cm³/mol. The van der Waals surface area contributed by atoms with Gasteiger partial charge >= 0.3 is 11.9 Å². The van der Waals surface area contributed by atoms with E-state index in [-0.39, 0.29) is 12.3 Å². The van der Waals surface area contributed by atoms with Gasteiger partial charge in [-0.2, -0.15) is 0 Å². The molecule has 0 aromatic heterocycles. The molecule has 5 atom stereocenters. The minimum absolute atomic E-state index is 0.0245. The number of allylic oxidation sites excluding steroid dienone is 1. The Morgan fingerprint density at radius 3 is 2.65 bits per heavy atom. The Labute approximate surface area is 149 Å². The molecule has 2 aliphatic heterocycles. The maximum absolute atomic E-state index is 13.2. The van der Waals surface area contributed by atoms with Crippen LogP contribution >= 0.6 is 0 Å². The number of carbonyl (C=O) groups is 3. The van der Waals surface area contributed by atoms with E-state index in [1.165, 1.54) is 14.0 Å². The molecule has 2 bridgehead atoms. The molecule has 26 heavy (non-hydrogen) atoms. The van der Waals surface area contributed by atoms with Crippen molar-refractivity contribution in [1.29, 1.82) is 0 Å². The molecule has 0 aromatic rings. The number of carbonyl (C=O) groups excluding carboxylic acids is 3. The summed E-state index contributed by atoms with van der Waals surface area (Å²) in [5.74, 6) is -3.20. The van der Waals surface area contributed by atoms with Crippen LogP contribution in [0.4, 0.5) is 0 Å². The highest BCUT2D eigenvalue weighted by atomic mass is 16.7. The lowest BCUT2D eigenvalue weighted by molar-refractivity contribution is -0.166. The van der Waals surface area contributed by atoms with Crippen molar-refractivity contribution in [1.82, 2.24) is 0 Å². The third-order valence-electron chi connectivity index (χ3n) is 6.48. The van der Waals surface area contributed by atoms with Gasteiger partial charge in [0.15, 0.2) is 11.6 Å². The first kappa shape index (κ1) is 16.4. The molecular weight excluding hydrogens is 344 g/mol. The predicted octanol–water partition coefficient (Wildman–Crippen LogP) is 0.281. The molecule has 0 radical (unpaired) electrons. The molecule has 0 N–H and O–H groups in total. The van der Waals surface area contributed by atoms with Crippen LogP contribution in [0.2, 0.25) is 0 Å². The Morgan fingerprint density at radius 2 is 2.00 bits per heavy atom. The molecule has 140 valence electrons. The number of rotatable bonds is 2. The number of methoxy groups -OCH3 is 1. The van der Waals surface area contributed by atoms with Gasteiger partial charge in [-0.3, -0.25) is 9.59 Å². The van der Waals surface area contributed by atoms with Crippen molar-refractivity contribution >= 4 is 17.7 Å². The summed E-state index contributed by atoms with van der Waals surface area (Å²) in [7, 11) is 1.24. The molecule has 2 heterocycles. The van der Waals surface area contributed by atoms with E-state index in [2.05, 4.69) is 0 Å². The highest BCUT2D eigenvalue weighted by Gasteiger charge is 2.89. The first-order valence-electron chi connectivity index (χ1n) is 8.88. The Kier molecular flexibility index (Phi) is 3.11. The van der Waals surface area contributed by atoms with Gasteiger partial charge in [0.25, 0.3) is 5.60 Å². The van der Waals surface area contributed by atoms with Crippen LogP contribution in [0, 0.1) is 11.8 Å². The summed E-state index contributed by atoms with van der Waals surface area (Å²) in [4.78, 5) is 37.5. The second-order valence-corrected chi connectivity index (χ2v) is 7.63. The quantitative estimate of drug-likeness (QED) is 0.298. The van der Waals surface area contributed by atoms with Gasteiger partial charge < -0.3 is 23.7 Å². The third kappa shape index (κ3) is 1.68. The van der Waals surface area contributed by atoms with Crippen molar-refractivity contribution in [2.75, 3.05) is 20.3 Å². The van der Waals surface area contributed by atoms with Gasteiger partial charge in [0, 0.05) is 12.8 Å². The Morgan fingerprint density at radius 1 is 1.27 bits per heavy atom. The van der Waals surface area contributed by atoms with Gasteiger partial charge in [0.2, 0.25) is 0 Å². The molecule has 0 aromatic carbocycles. The van der Waals surface area contributed by atoms with Gasteiger partial charge in [-0.15, -0.1) is 0 Å². The monoisotopic (exact) mass is 364 g/mol. The van der Waals surface area contributed by atoms with Crippen LogP contribution in [-0.4, -0.2) is 61.1 Å². The molecule has 5 aliphatic rings. The average Bonchev–Trinajstić information content (AvgIpc) is 3.00. The molecule has 8 nitrogen and oxygen atoms in total. The normalized spacial score (nSPS) is 44.2. The Hall–Kier alpha value is -1.77. The molecule has 5 rings (SSSR count). The topological polar surface area (TPSA) is 101 Å². The first-order valence-corrected chi connectivity index (χ1v) is 8.88. The lowest BCUT2D eigenvalue weighted by atomic mass is 9.77. The minimum Gasteiger partial charge on any atom is -0.466 e. The van der Waals surface area contributed by atoms with Crippen LogP contribution in [0.15, 0.2) is 11.6 Å². The fraction of sp³-hybridized carbons (Fsp3) is 0.722. The number of Topliss-reactive ketones (excluding diaryl/α,β-unsaturated/α-hetero) is 1. The molecule has 4 fully saturated rings. The number of ether oxygens (including phenoxy) is 5. The van der Waals surface area contributed by atoms with E-state index >= 15 is 0 Å². The lowest BCUT2D eigenvalue weighted by Gasteiger charge is -2.38. The number of ketones is 1. The van der Waals surface area contributed by atoms with Crippen molar-refractivity contribution < 1.29 is 38.1 Å². The van der Waals surface area contributed by atoms with E-state index in [1.807, 2.05) is 6.08 Å². The zero-order valence-corrected chi connectivity index (χ0v) is 14.6. The zero-order valence-electron chi connectivity index (χ0n) is 14.6. The lowest BCUT2D eigenvalue weighted by Crippen LogP contribution is -2.44. The molecular formula is C18H20O8. The van der Waals surface area contributed by atoms with Crippen molar-refractivity contribution in [3.8, 4) is 0 Å². The summed E-state index contributed by atoms with van der Waals surface area (Å²) in [6, 6.07) is 0. The number of fused-ring (bicyclic) bond motifs is 2. The van der Waals surface area contributed by atoms with Crippen LogP contribution < -0.4 is 0 Å². The largest absolute Gasteiger partial charge is 0.466 e. The molecule has 2 saturated heterocycles. The summed E-state index contributed by atoms with van der Waals surface area (Å²) < 4.78 is 28.3. The molecule has 3 aliphatic carbocycles. The molecule has 2 spiro atoms. The van der Waals surface area contributed by atoms with E-state index in [9.17, 15) is 14.4 Å². The van der Waals surface area contributed by atoms with E-state index in [0.717, 1.165) is 5.57 Å². The van der Waals surface area contributed by atoms with E-state index in [4.69, 9.17) is 23.7 Å². The summed E-state index contributed by atoms with van der Waals surface area (Å²) >= 11 is 0. The molecule has 8 heteroatoms. The zero-order chi connectivity index (χ0) is 18.3. The van der Waals surface area contributed by atoms with Gasteiger partial charge in [0.1, 0.15) is 11.7 Å². The second kappa shape index (κ2) is 4.94. The summed E-state index contributed by atoms with van der Waals surface area (Å²) in [5.41, 5.74) is -1.96. The maximum atomic E-state index is 13.2. The number of esters is 2. The SMILES string of the molecule is COC(=O)[C@]12O[C@]13C[C@@H]1CC=C([C@H]3C1OC(C)=O)C1(CC2=O)OCCO1. The van der Waals surface area contributed by atoms with Crippen LogP contribution in [0.5, 0.6) is 0 Å². The fourth-order valence-electron chi connectivity index (χ4n) is 5.61. The van der Waals surface area contributed by atoms with Gasteiger partial charge in [-0.25, -0.2) is 4.79 Å². The summed E-state index contributed by atoms with van der Waals surface area (Å²) in [6.45, 7) is 2.07. The smallest absolute Gasteiger partial charge is 0.349 e. The molecule has 1 unspecified atom stereocenters. The Balaban J connectivity index is 1.69. The van der Waals surface area contributed by atoms with E-state index in [1.54, 1.807) is 0 Å². The third-order valence-corrected chi connectivity index (χ3v) is 6.48. The van der Waals surface area contributed by atoms with Gasteiger partial charge in [0.05, 0.1) is 32.7 Å². The van der Waals surface area contributed by atoms with Crippen LogP contribution in [-0.2, 0) is 38.1 Å². The number of hydrogen-bond donors (Lipinski definition) is 0. The van der Waals surface area contributed by atoms with Crippen LogP contribution in [0.1, 0.15) is 26.2 Å². The van der Waals surface area contributed by atoms with Crippen LogP contribution in [0.25, 0.3) is 0 Å². The van der Waals surface area contributed by atoms with Gasteiger partial charge in [-0.1, -0.05) is 6.08 Å². The van der Waals surface area contributed by atoms with E-state index in [0.29, 0.717) is 26.1 Å². The maximum Gasteiger partial charge on any atom is 0.349 e. The standard InChI is InChI=1S/C18H20O8/c1-9(19)25-14-10-3-4-11-13(14)16(7-10)18(26-16,15(21)22-2)12(20)8-17(11)23-5-6-24-17/h4,10,13-14H,3,5-8H2,1-2H3/t10-,13-,14?,16-,18-/m0/s1. The average molecular weight is 364 g/mol. The molecule has 0 amide bonds. The Bertz CT molecular complexity index is 750. The van der Waals surface area contributed by atoms with Crippen molar-refractivity contribution in [3.05, 3.63) is 11.6 Å². The highest BCUT2D eigenvalue weighted by molar-refractivity contribution is 6.13. The van der Waals surface area contributed by atoms with E-state index < -0.39 is 46.7 Å². The minimum atomic E-state index is -1.66. The highest BCUT2D eigenvalue weighted by Crippen LogP contribution is 2.71. The van der Waals surface area contributed by atoms with Crippen LogP contribution in [0.3, 0.4) is 0 Å². The number of hydrogen-bond acceptors (Lipinski definition) is 8. The molecule has 2 saturated carbocycles. The number of epoxide rings is 1. The van der Waals surface area contributed by atoms with Gasteiger partial charge in [-0.05, 0) is 18.4 Å². The van der Waals surface area contributed by atoms with Crippen molar-refractivity contribution in [2.24, 2.45) is 11.8 Å². The summed E-state index contributed by atoms with van der Waals surface area (Å²) in [6.07, 6.45) is 2.51. The summed E-state index contributed by atoms with van der Waals surface area (Å²) in [5, 5.41) is 0. The second-order valence-electron chi connectivity index (χ2n) is 7.63. The van der Waals surface area contributed by atoms with Crippen molar-refractivity contribution in [2.45, 2.75) is 49.3 Å². The first-order chi connectivity index (χ1) is 12.4. The fourth-order valence-corrected chi connectivity index (χ4v) is 5.61.